The van der Waals surface area contributed by atoms with Crippen LogP contribution in [0.1, 0.15) is 43.6 Å². The number of carbonyl (C=O) groups excluding carboxylic acids is 2. The van der Waals surface area contributed by atoms with Crippen molar-refractivity contribution in [2.45, 2.75) is 45.7 Å². The molecule has 0 saturated heterocycles. The molecule has 0 aliphatic heterocycles. The Morgan fingerprint density at radius 1 is 1.19 bits per heavy atom. The molecule has 21 heavy (non-hydrogen) atoms. The lowest BCUT2D eigenvalue weighted by Crippen LogP contribution is -2.50. The van der Waals surface area contributed by atoms with Gasteiger partial charge >= 0.3 is 0 Å². The zero-order valence-corrected chi connectivity index (χ0v) is 13.2. The average Bonchev–Trinajstić information content (AvgIpc) is 2.37. The SMILES string of the molecule is CC(NC(=O)c1ccc(CCN)cc1)C(=O)NC(C)(C)C. The topological polar surface area (TPSA) is 84.2 Å². The summed E-state index contributed by atoms with van der Waals surface area (Å²) >= 11 is 0. The fourth-order valence-electron chi connectivity index (χ4n) is 1.81. The monoisotopic (exact) mass is 291 g/mol. The molecule has 0 spiro atoms. The molecule has 1 aromatic rings. The van der Waals surface area contributed by atoms with Crippen molar-refractivity contribution in [1.82, 2.24) is 10.6 Å². The van der Waals surface area contributed by atoms with E-state index >= 15 is 0 Å². The van der Waals surface area contributed by atoms with Crippen LogP contribution < -0.4 is 16.4 Å². The smallest absolute Gasteiger partial charge is 0.251 e. The Bertz CT molecular complexity index is 489. The van der Waals surface area contributed by atoms with E-state index in [2.05, 4.69) is 10.6 Å². The molecule has 0 saturated carbocycles. The van der Waals surface area contributed by atoms with Gasteiger partial charge in [0.15, 0.2) is 0 Å². The minimum absolute atomic E-state index is 0.199. The predicted molar refractivity (Wildman–Crippen MR) is 84.0 cm³/mol. The van der Waals surface area contributed by atoms with Crippen molar-refractivity contribution in [3.8, 4) is 0 Å². The van der Waals surface area contributed by atoms with Crippen molar-refractivity contribution in [1.29, 1.82) is 0 Å². The third-order valence-electron chi connectivity index (χ3n) is 2.89. The molecule has 0 heterocycles. The molecule has 116 valence electrons. The van der Waals surface area contributed by atoms with Gasteiger partial charge in [-0.3, -0.25) is 9.59 Å². The van der Waals surface area contributed by atoms with E-state index in [1.54, 1.807) is 19.1 Å². The molecule has 4 N–H and O–H groups in total. The van der Waals surface area contributed by atoms with E-state index < -0.39 is 6.04 Å². The van der Waals surface area contributed by atoms with Gasteiger partial charge in [0.05, 0.1) is 0 Å². The van der Waals surface area contributed by atoms with Crippen molar-refractivity contribution < 1.29 is 9.59 Å². The predicted octanol–water partition coefficient (Wildman–Crippen LogP) is 1.22. The van der Waals surface area contributed by atoms with E-state index in [0.29, 0.717) is 12.1 Å². The van der Waals surface area contributed by atoms with Gasteiger partial charge in [0.25, 0.3) is 5.91 Å². The summed E-state index contributed by atoms with van der Waals surface area (Å²) in [6, 6.07) is 6.66. The van der Waals surface area contributed by atoms with Crippen LogP contribution in [-0.4, -0.2) is 29.9 Å². The molecule has 5 heteroatoms. The lowest BCUT2D eigenvalue weighted by molar-refractivity contribution is -0.124. The zero-order valence-electron chi connectivity index (χ0n) is 13.2. The van der Waals surface area contributed by atoms with Gasteiger partial charge in [-0.05, 0) is 58.4 Å². The van der Waals surface area contributed by atoms with Crippen molar-refractivity contribution >= 4 is 11.8 Å². The molecule has 0 bridgehead atoms. The Morgan fingerprint density at radius 2 is 1.76 bits per heavy atom. The first-order valence-corrected chi connectivity index (χ1v) is 7.15. The second-order valence-electron chi connectivity index (χ2n) is 6.17. The van der Waals surface area contributed by atoms with Crippen LogP contribution in [0.25, 0.3) is 0 Å². The molecule has 0 fully saturated rings. The highest BCUT2D eigenvalue weighted by Gasteiger charge is 2.21. The van der Waals surface area contributed by atoms with Crippen molar-refractivity contribution in [3.63, 3.8) is 0 Å². The summed E-state index contributed by atoms with van der Waals surface area (Å²) in [4.78, 5) is 24.0. The third-order valence-corrected chi connectivity index (χ3v) is 2.89. The third kappa shape index (κ3) is 5.95. The largest absolute Gasteiger partial charge is 0.350 e. The van der Waals surface area contributed by atoms with E-state index in [0.717, 1.165) is 12.0 Å². The van der Waals surface area contributed by atoms with E-state index in [4.69, 9.17) is 5.73 Å². The van der Waals surface area contributed by atoms with Crippen LogP contribution in [0.3, 0.4) is 0 Å². The molecule has 5 nitrogen and oxygen atoms in total. The summed E-state index contributed by atoms with van der Waals surface area (Å²) < 4.78 is 0. The minimum Gasteiger partial charge on any atom is -0.350 e. The van der Waals surface area contributed by atoms with Crippen molar-refractivity contribution in [2.75, 3.05) is 6.54 Å². The highest BCUT2D eigenvalue weighted by molar-refractivity contribution is 5.97. The first-order valence-electron chi connectivity index (χ1n) is 7.15. The second-order valence-corrected chi connectivity index (χ2v) is 6.17. The van der Waals surface area contributed by atoms with Gasteiger partial charge in [-0.15, -0.1) is 0 Å². The number of benzene rings is 1. The Kier molecular flexibility index (Phi) is 5.90. The first kappa shape index (κ1) is 17.2. The van der Waals surface area contributed by atoms with Crippen LogP contribution in [-0.2, 0) is 11.2 Å². The van der Waals surface area contributed by atoms with Crippen LogP contribution in [0.15, 0.2) is 24.3 Å². The maximum Gasteiger partial charge on any atom is 0.251 e. The lowest BCUT2D eigenvalue weighted by Gasteiger charge is -2.23. The van der Waals surface area contributed by atoms with Crippen LogP contribution in [0.5, 0.6) is 0 Å². The van der Waals surface area contributed by atoms with Gasteiger partial charge in [0.1, 0.15) is 6.04 Å². The molecular formula is C16H25N3O2. The van der Waals surface area contributed by atoms with E-state index in [1.807, 2.05) is 32.9 Å². The summed E-state index contributed by atoms with van der Waals surface area (Å²) in [5, 5.41) is 5.53. The molecule has 1 atom stereocenters. The van der Waals surface area contributed by atoms with Gasteiger partial charge in [0.2, 0.25) is 5.91 Å². The summed E-state index contributed by atoms with van der Waals surface area (Å²) in [5.41, 5.74) is 6.79. The van der Waals surface area contributed by atoms with Gasteiger partial charge in [-0.2, -0.15) is 0 Å². The van der Waals surface area contributed by atoms with Crippen LogP contribution >= 0.6 is 0 Å². The highest BCUT2D eigenvalue weighted by atomic mass is 16.2. The van der Waals surface area contributed by atoms with Gasteiger partial charge in [0, 0.05) is 11.1 Å². The molecule has 2 amide bonds. The summed E-state index contributed by atoms with van der Waals surface area (Å²) in [6.45, 7) is 7.94. The van der Waals surface area contributed by atoms with Crippen LogP contribution in [0.4, 0.5) is 0 Å². The molecular weight excluding hydrogens is 266 g/mol. The quantitative estimate of drug-likeness (QED) is 0.762. The number of rotatable bonds is 5. The molecule has 1 aromatic carbocycles. The van der Waals surface area contributed by atoms with Gasteiger partial charge in [-0.25, -0.2) is 0 Å². The lowest BCUT2D eigenvalue weighted by atomic mass is 10.1. The van der Waals surface area contributed by atoms with E-state index in [9.17, 15) is 9.59 Å². The maximum absolute atomic E-state index is 12.1. The molecule has 0 aliphatic rings. The fraction of sp³-hybridized carbons (Fsp3) is 0.500. The van der Waals surface area contributed by atoms with Crippen molar-refractivity contribution in [3.05, 3.63) is 35.4 Å². The molecule has 1 rings (SSSR count). The number of nitrogens with two attached hydrogens (primary N) is 1. The molecule has 1 unspecified atom stereocenters. The second kappa shape index (κ2) is 7.22. The number of nitrogens with one attached hydrogen (secondary N) is 2. The van der Waals surface area contributed by atoms with Crippen molar-refractivity contribution in [2.24, 2.45) is 5.73 Å². The Morgan fingerprint density at radius 3 is 2.24 bits per heavy atom. The zero-order chi connectivity index (χ0) is 16.0. The number of carbonyl (C=O) groups is 2. The maximum atomic E-state index is 12.1. The first-order chi connectivity index (χ1) is 9.73. The standard InChI is InChI=1S/C16H25N3O2/c1-11(14(20)19-16(2,3)4)18-15(21)13-7-5-12(6-8-13)9-10-17/h5-8,11H,9-10,17H2,1-4H3,(H,18,21)(H,19,20). The van der Waals surface area contributed by atoms with Gasteiger partial charge < -0.3 is 16.4 Å². The van der Waals surface area contributed by atoms with E-state index in [1.165, 1.54) is 0 Å². The summed E-state index contributed by atoms with van der Waals surface area (Å²) in [6.07, 6.45) is 0.784. The van der Waals surface area contributed by atoms with Crippen LogP contribution in [0, 0.1) is 0 Å². The fourth-order valence-corrected chi connectivity index (χ4v) is 1.81. The Hall–Kier alpha value is -1.88. The summed E-state index contributed by atoms with van der Waals surface area (Å²) in [7, 11) is 0. The number of hydrogen-bond acceptors (Lipinski definition) is 3. The molecule has 0 radical (unpaired) electrons. The molecule has 0 aliphatic carbocycles. The van der Waals surface area contributed by atoms with Gasteiger partial charge in [-0.1, -0.05) is 12.1 Å². The molecule has 0 aromatic heterocycles. The summed E-state index contributed by atoms with van der Waals surface area (Å²) in [5.74, 6) is -0.457. The normalized spacial score (nSPS) is 12.6. The van der Waals surface area contributed by atoms with Crippen LogP contribution in [0.2, 0.25) is 0 Å². The minimum atomic E-state index is -0.583. The highest BCUT2D eigenvalue weighted by Crippen LogP contribution is 2.06. The van der Waals surface area contributed by atoms with E-state index in [-0.39, 0.29) is 17.4 Å². The Labute approximate surface area is 126 Å². The average molecular weight is 291 g/mol. The number of amides is 2. The number of hydrogen-bond donors (Lipinski definition) is 3. The Balaban J connectivity index is 2.61.